The first-order valence-electron chi connectivity index (χ1n) is 10.6. The number of hydrogen-bond acceptors (Lipinski definition) is 0. The van der Waals surface area contributed by atoms with Gasteiger partial charge in [-0.05, 0) is 103 Å². The van der Waals surface area contributed by atoms with Gasteiger partial charge in [0.05, 0.1) is 0 Å². The molecule has 0 aliphatic rings. The van der Waals surface area contributed by atoms with Crippen LogP contribution in [0.15, 0.2) is 46.6 Å². The number of benzene rings is 2. The molecule has 0 atom stereocenters. The molecule has 2 aromatic carbocycles. The lowest BCUT2D eigenvalue weighted by atomic mass is 9.97. The Hall–Kier alpha value is -2.96. The van der Waals surface area contributed by atoms with E-state index in [1.165, 1.54) is 44.5 Å². The van der Waals surface area contributed by atoms with Gasteiger partial charge in [-0.2, -0.15) is 0 Å². The Kier molecular flexibility index (Phi) is 7.54. The maximum atomic E-state index is 3.39. The quantitative estimate of drug-likeness (QED) is 0.345. The Labute approximate surface area is 184 Å². The first-order chi connectivity index (χ1) is 14.0. The maximum Gasteiger partial charge on any atom is 0.0307 e. The third-order valence-corrected chi connectivity index (χ3v) is 5.79. The van der Waals surface area contributed by atoms with Crippen molar-refractivity contribution >= 4 is 0 Å². The Balaban J connectivity index is 2.40. The van der Waals surface area contributed by atoms with Crippen LogP contribution in [0.5, 0.6) is 0 Å². The Bertz CT molecular complexity index is 1030. The number of allylic oxidation sites excluding steroid dienone is 4. The zero-order valence-corrected chi connectivity index (χ0v) is 20.3. The molecule has 0 unspecified atom stereocenters. The molecule has 0 heteroatoms. The zero-order chi connectivity index (χ0) is 22.6. The maximum absolute atomic E-state index is 3.39. The SMILES string of the molecule is C/C(C#Cc1c(C)cc(C)cc1C)=C(C)/C(C)=C(/C)C#Cc1c(C)cc(C)cc1C. The molecule has 0 N–H and O–H groups in total. The van der Waals surface area contributed by atoms with E-state index in [1.54, 1.807) is 0 Å². The molecule has 0 saturated heterocycles. The molecule has 0 spiro atoms. The summed E-state index contributed by atoms with van der Waals surface area (Å²) >= 11 is 0. The second-order valence-electron chi connectivity index (χ2n) is 8.55. The summed E-state index contributed by atoms with van der Waals surface area (Å²) < 4.78 is 0. The smallest absolute Gasteiger partial charge is 0.0307 e. The molecule has 2 aromatic rings. The highest BCUT2D eigenvalue weighted by Gasteiger charge is 2.04. The van der Waals surface area contributed by atoms with Crippen molar-refractivity contribution in [3.63, 3.8) is 0 Å². The molecule has 154 valence electrons. The predicted molar refractivity (Wildman–Crippen MR) is 132 cm³/mol. The van der Waals surface area contributed by atoms with Gasteiger partial charge in [-0.1, -0.05) is 59.1 Å². The van der Waals surface area contributed by atoms with Gasteiger partial charge in [-0.3, -0.25) is 0 Å². The lowest BCUT2D eigenvalue weighted by molar-refractivity contribution is 1.25. The zero-order valence-electron chi connectivity index (χ0n) is 20.3. The molecule has 0 nitrogen and oxygen atoms in total. The van der Waals surface area contributed by atoms with Crippen LogP contribution in [0.3, 0.4) is 0 Å². The average molecular weight is 395 g/mol. The van der Waals surface area contributed by atoms with Gasteiger partial charge in [0.15, 0.2) is 0 Å². The fourth-order valence-electron chi connectivity index (χ4n) is 3.82. The third-order valence-electron chi connectivity index (χ3n) is 5.79. The van der Waals surface area contributed by atoms with Crippen LogP contribution >= 0.6 is 0 Å². The van der Waals surface area contributed by atoms with Crippen molar-refractivity contribution in [2.24, 2.45) is 0 Å². The number of hydrogen-bond donors (Lipinski definition) is 0. The third kappa shape index (κ3) is 5.55. The van der Waals surface area contributed by atoms with Gasteiger partial charge in [-0.15, -0.1) is 0 Å². The van der Waals surface area contributed by atoms with Crippen LogP contribution < -0.4 is 0 Å². The minimum absolute atomic E-state index is 1.09. The summed E-state index contributed by atoms with van der Waals surface area (Å²) in [6.45, 7) is 21.3. The fourth-order valence-corrected chi connectivity index (χ4v) is 3.82. The van der Waals surface area contributed by atoms with E-state index >= 15 is 0 Å². The van der Waals surface area contributed by atoms with E-state index in [2.05, 4.69) is 117 Å². The van der Waals surface area contributed by atoms with E-state index in [1.807, 2.05) is 0 Å². The van der Waals surface area contributed by atoms with Crippen molar-refractivity contribution in [3.05, 3.63) is 91.1 Å². The molecular formula is C30H34. The van der Waals surface area contributed by atoms with Crippen molar-refractivity contribution in [2.45, 2.75) is 69.2 Å². The van der Waals surface area contributed by atoms with Crippen LogP contribution in [0.25, 0.3) is 0 Å². The number of aryl methyl sites for hydroxylation is 6. The molecule has 0 saturated carbocycles. The first-order valence-corrected chi connectivity index (χ1v) is 10.6. The summed E-state index contributed by atoms with van der Waals surface area (Å²) in [7, 11) is 0. The second kappa shape index (κ2) is 9.69. The molecule has 0 bridgehead atoms. The second-order valence-corrected chi connectivity index (χ2v) is 8.55. The Morgan fingerprint density at radius 3 is 1.03 bits per heavy atom. The van der Waals surface area contributed by atoms with Gasteiger partial charge < -0.3 is 0 Å². The van der Waals surface area contributed by atoms with E-state index in [-0.39, 0.29) is 0 Å². The van der Waals surface area contributed by atoms with E-state index < -0.39 is 0 Å². The van der Waals surface area contributed by atoms with Gasteiger partial charge in [0, 0.05) is 22.3 Å². The average Bonchev–Trinajstić information content (AvgIpc) is 2.64. The van der Waals surface area contributed by atoms with Gasteiger partial charge in [0.1, 0.15) is 0 Å². The molecule has 0 amide bonds. The van der Waals surface area contributed by atoms with Gasteiger partial charge in [0.2, 0.25) is 0 Å². The molecule has 0 radical (unpaired) electrons. The standard InChI is InChI=1S/C30H34/c1-19-15-23(5)29(24(6)16-19)13-11-21(3)27(9)28(10)22(4)12-14-30-25(7)17-20(2)18-26(30)8/h15-18H,1-10H3/b27-21-,28-22-. The predicted octanol–water partition coefficient (Wildman–Crippen LogP) is 7.61. The highest BCUT2D eigenvalue weighted by atomic mass is 14.1. The molecular weight excluding hydrogens is 360 g/mol. The molecule has 0 fully saturated rings. The van der Waals surface area contributed by atoms with Crippen LogP contribution in [0.1, 0.15) is 72.2 Å². The van der Waals surface area contributed by atoms with Crippen molar-refractivity contribution < 1.29 is 0 Å². The summed E-state index contributed by atoms with van der Waals surface area (Å²) in [6.07, 6.45) is 0. The molecule has 0 aromatic heterocycles. The van der Waals surface area contributed by atoms with Crippen LogP contribution in [-0.2, 0) is 0 Å². The van der Waals surface area contributed by atoms with Gasteiger partial charge >= 0.3 is 0 Å². The molecule has 30 heavy (non-hydrogen) atoms. The number of rotatable bonds is 1. The van der Waals surface area contributed by atoms with Crippen molar-refractivity contribution in [3.8, 4) is 23.7 Å². The highest BCUT2D eigenvalue weighted by molar-refractivity contribution is 5.55. The summed E-state index contributed by atoms with van der Waals surface area (Å²) in [6, 6.07) is 8.79. The summed E-state index contributed by atoms with van der Waals surface area (Å²) in [5.41, 5.74) is 14.4. The minimum atomic E-state index is 1.09. The lowest BCUT2D eigenvalue weighted by Crippen LogP contribution is -1.92. The van der Waals surface area contributed by atoms with E-state index in [0.717, 1.165) is 22.3 Å². The lowest BCUT2D eigenvalue weighted by Gasteiger charge is -2.07. The molecule has 0 heterocycles. The normalized spacial score (nSPS) is 12.2. The molecule has 2 rings (SSSR count). The van der Waals surface area contributed by atoms with E-state index in [9.17, 15) is 0 Å². The summed E-state index contributed by atoms with van der Waals surface area (Å²) in [5, 5.41) is 0. The van der Waals surface area contributed by atoms with E-state index in [4.69, 9.17) is 0 Å². The van der Waals surface area contributed by atoms with Crippen LogP contribution in [0, 0.1) is 65.2 Å². The van der Waals surface area contributed by atoms with Crippen molar-refractivity contribution in [2.75, 3.05) is 0 Å². The Morgan fingerprint density at radius 2 is 0.767 bits per heavy atom. The van der Waals surface area contributed by atoms with Crippen LogP contribution in [-0.4, -0.2) is 0 Å². The largest absolute Gasteiger partial charge is 0.0661 e. The first kappa shape index (κ1) is 23.3. The fraction of sp³-hybridized carbons (Fsp3) is 0.333. The summed E-state index contributed by atoms with van der Waals surface area (Å²) in [4.78, 5) is 0. The highest BCUT2D eigenvalue weighted by Crippen LogP contribution is 2.20. The Morgan fingerprint density at radius 1 is 0.500 bits per heavy atom. The topological polar surface area (TPSA) is 0 Å². The van der Waals surface area contributed by atoms with Crippen molar-refractivity contribution in [1.82, 2.24) is 0 Å². The van der Waals surface area contributed by atoms with Gasteiger partial charge in [-0.25, -0.2) is 0 Å². The van der Waals surface area contributed by atoms with E-state index in [0.29, 0.717) is 0 Å². The van der Waals surface area contributed by atoms with Gasteiger partial charge in [0.25, 0.3) is 0 Å². The molecule has 0 aliphatic heterocycles. The molecule has 0 aliphatic carbocycles. The minimum Gasteiger partial charge on any atom is -0.0661 e. The monoisotopic (exact) mass is 394 g/mol. The summed E-state index contributed by atoms with van der Waals surface area (Å²) in [5.74, 6) is 13.6. The van der Waals surface area contributed by atoms with Crippen LogP contribution in [0.2, 0.25) is 0 Å². The van der Waals surface area contributed by atoms with Crippen molar-refractivity contribution in [1.29, 1.82) is 0 Å². The van der Waals surface area contributed by atoms with Crippen LogP contribution in [0.4, 0.5) is 0 Å².